The average Bonchev–Trinajstić information content (AvgIpc) is 2.62. The van der Waals surface area contributed by atoms with Gasteiger partial charge < -0.3 is 4.74 Å². The maximum Gasteiger partial charge on any atom is 0.170 e. The number of aryl methyl sites for hydroxylation is 1. The minimum atomic E-state index is 0.123. The summed E-state index contributed by atoms with van der Waals surface area (Å²) in [6.07, 6.45) is 1.50. The van der Waals surface area contributed by atoms with Crippen molar-refractivity contribution in [2.45, 2.75) is 13.0 Å². The molecule has 0 bridgehead atoms. The molecule has 0 amide bonds. The smallest absolute Gasteiger partial charge is 0.170 e. The van der Waals surface area contributed by atoms with Crippen molar-refractivity contribution in [2.24, 2.45) is 4.99 Å². The fraction of sp³-hybridized carbons (Fsp3) is 0.300. The van der Waals surface area contributed by atoms with Gasteiger partial charge in [-0.2, -0.15) is 0 Å². The molecule has 0 aromatic heterocycles. The second-order valence-corrected chi connectivity index (χ2v) is 3.52. The van der Waals surface area contributed by atoms with Gasteiger partial charge in [0.05, 0.1) is 0 Å². The van der Waals surface area contributed by atoms with Gasteiger partial charge in [0, 0.05) is 5.02 Å². The predicted octanol–water partition coefficient (Wildman–Crippen LogP) is 2.75. The first-order valence-electron chi connectivity index (χ1n) is 4.16. The molecule has 0 saturated heterocycles. The van der Waals surface area contributed by atoms with E-state index in [1.54, 1.807) is 0 Å². The quantitative estimate of drug-likeness (QED) is 0.675. The van der Waals surface area contributed by atoms with Crippen LogP contribution in [0.1, 0.15) is 17.2 Å². The molecule has 1 unspecified atom stereocenters. The molecule has 13 heavy (non-hydrogen) atoms. The lowest BCUT2D eigenvalue weighted by atomic mass is 10.1. The maximum absolute atomic E-state index is 6.00. The normalized spacial score (nSPS) is 20.3. The summed E-state index contributed by atoms with van der Waals surface area (Å²) in [5.41, 5.74) is 2.21. The Bertz CT molecular complexity index is 349. The Morgan fingerprint density at radius 3 is 3.00 bits per heavy atom. The fourth-order valence-corrected chi connectivity index (χ4v) is 1.48. The molecular weight excluding hydrogens is 186 g/mol. The first-order valence-corrected chi connectivity index (χ1v) is 4.54. The van der Waals surface area contributed by atoms with Gasteiger partial charge in [-0.25, -0.2) is 4.99 Å². The van der Waals surface area contributed by atoms with Crippen LogP contribution in [0.15, 0.2) is 23.2 Å². The Hall–Kier alpha value is -1.02. The SMILES string of the molecule is Cc1ccc(C2COC=N2)cc1Cl. The third kappa shape index (κ3) is 1.68. The third-order valence-corrected chi connectivity index (χ3v) is 2.56. The Labute approximate surface area is 82.2 Å². The molecule has 0 saturated carbocycles. The third-order valence-electron chi connectivity index (χ3n) is 2.15. The van der Waals surface area contributed by atoms with Gasteiger partial charge in [-0.05, 0) is 24.1 Å². The molecule has 0 aliphatic carbocycles. The number of hydrogen-bond donors (Lipinski definition) is 0. The van der Waals surface area contributed by atoms with Crippen molar-refractivity contribution in [1.29, 1.82) is 0 Å². The highest BCUT2D eigenvalue weighted by molar-refractivity contribution is 6.31. The molecule has 1 aliphatic heterocycles. The highest BCUT2D eigenvalue weighted by atomic mass is 35.5. The van der Waals surface area contributed by atoms with Gasteiger partial charge in [-0.15, -0.1) is 0 Å². The Kier molecular flexibility index (Phi) is 2.23. The van der Waals surface area contributed by atoms with Crippen LogP contribution in [0.3, 0.4) is 0 Å². The summed E-state index contributed by atoms with van der Waals surface area (Å²) in [5, 5.41) is 0.791. The number of aliphatic imine (C=N–C) groups is 1. The van der Waals surface area contributed by atoms with Crippen LogP contribution in [0.4, 0.5) is 0 Å². The van der Waals surface area contributed by atoms with Crippen LogP contribution in [0, 0.1) is 6.92 Å². The predicted molar refractivity (Wildman–Crippen MR) is 53.4 cm³/mol. The van der Waals surface area contributed by atoms with Crippen molar-refractivity contribution >= 4 is 18.0 Å². The van der Waals surface area contributed by atoms with E-state index < -0.39 is 0 Å². The Morgan fingerprint density at radius 1 is 1.54 bits per heavy atom. The number of hydrogen-bond acceptors (Lipinski definition) is 2. The van der Waals surface area contributed by atoms with E-state index in [1.807, 2.05) is 25.1 Å². The van der Waals surface area contributed by atoms with E-state index in [0.29, 0.717) is 6.61 Å². The van der Waals surface area contributed by atoms with Crippen molar-refractivity contribution in [3.05, 3.63) is 34.3 Å². The zero-order chi connectivity index (χ0) is 9.26. The van der Waals surface area contributed by atoms with E-state index in [1.165, 1.54) is 6.40 Å². The molecule has 1 heterocycles. The van der Waals surface area contributed by atoms with Crippen molar-refractivity contribution in [1.82, 2.24) is 0 Å². The fourth-order valence-electron chi connectivity index (χ4n) is 1.29. The Balaban J connectivity index is 2.30. The van der Waals surface area contributed by atoms with Crippen LogP contribution in [-0.2, 0) is 4.74 Å². The average molecular weight is 196 g/mol. The standard InChI is InChI=1S/C10H10ClNO/c1-7-2-3-8(4-9(7)11)10-5-13-6-12-10/h2-4,6,10H,5H2,1H3. The summed E-state index contributed by atoms with van der Waals surface area (Å²) < 4.78 is 5.05. The highest BCUT2D eigenvalue weighted by Crippen LogP contribution is 2.25. The molecule has 68 valence electrons. The molecule has 2 rings (SSSR count). The van der Waals surface area contributed by atoms with Crippen LogP contribution in [-0.4, -0.2) is 13.0 Å². The van der Waals surface area contributed by atoms with E-state index in [2.05, 4.69) is 4.99 Å². The summed E-state index contributed by atoms with van der Waals surface area (Å²) in [4.78, 5) is 4.17. The summed E-state index contributed by atoms with van der Waals surface area (Å²) in [6.45, 7) is 2.61. The molecule has 0 N–H and O–H groups in total. The second kappa shape index (κ2) is 3.38. The minimum Gasteiger partial charge on any atom is -0.481 e. The van der Waals surface area contributed by atoms with Crippen LogP contribution >= 0.6 is 11.6 Å². The van der Waals surface area contributed by atoms with E-state index in [0.717, 1.165) is 16.1 Å². The summed E-state index contributed by atoms with van der Waals surface area (Å²) >= 11 is 6.00. The van der Waals surface area contributed by atoms with Gasteiger partial charge in [-0.3, -0.25) is 0 Å². The van der Waals surface area contributed by atoms with Crippen molar-refractivity contribution in [3.8, 4) is 0 Å². The van der Waals surface area contributed by atoms with Gasteiger partial charge in [0.1, 0.15) is 12.6 Å². The second-order valence-electron chi connectivity index (χ2n) is 3.11. The number of rotatable bonds is 1. The van der Waals surface area contributed by atoms with E-state index >= 15 is 0 Å². The van der Waals surface area contributed by atoms with Crippen LogP contribution < -0.4 is 0 Å². The topological polar surface area (TPSA) is 21.6 Å². The van der Waals surface area contributed by atoms with Crippen molar-refractivity contribution in [3.63, 3.8) is 0 Å². The maximum atomic E-state index is 6.00. The molecule has 3 heteroatoms. The zero-order valence-electron chi connectivity index (χ0n) is 7.33. The molecule has 1 aromatic carbocycles. The number of halogens is 1. The monoisotopic (exact) mass is 195 g/mol. The molecule has 1 atom stereocenters. The molecule has 0 fully saturated rings. The molecule has 1 aromatic rings. The minimum absolute atomic E-state index is 0.123. The van der Waals surface area contributed by atoms with Gasteiger partial charge in [0.25, 0.3) is 0 Å². The number of benzene rings is 1. The van der Waals surface area contributed by atoms with Crippen molar-refractivity contribution < 1.29 is 4.74 Å². The molecule has 0 spiro atoms. The lowest BCUT2D eigenvalue weighted by Gasteiger charge is -2.07. The highest BCUT2D eigenvalue weighted by Gasteiger charge is 2.14. The van der Waals surface area contributed by atoms with E-state index in [4.69, 9.17) is 16.3 Å². The van der Waals surface area contributed by atoms with E-state index in [-0.39, 0.29) is 6.04 Å². The van der Waals surface area contributed by atoms with Gasteiger partial charge in [0.2, 0.25) is 0 Å². The summed E-state index contributed by atoms with van der Waals surface area (Å²) in [6, 6.07) is 6.12. The molecule has 0 radical (unpaired) electrons. The molecular formula is C10H10ClNO. The molecule has 2 nitrogen and oxygen atoms in total. The van der Waals surface area contributed by atoms with Gasteiger partial charge >= 0.3 is 0 Å². The van der Waals surface area contributed by atoms with Crippen LogP contribution in [0.2, 0.25) is 5.02 Å². The first-order chi connectivity index (χ1) is 6.27. The van der Waals surface area contributed by atoms with Gasteiger partial charge in [-0.1, -0.05) is 23.7 Å². The van der Waals surface area contributed by atoms with Crippen LogP contribution in [0.25, 0.3) is 0 Å². The lowest BCUT2D eigenvalue weighted by Crippen LogP contribution is -1.97. The van der Waals surface area contributed by atoms with Crippen molar-refractivity contribution in [2.75, 3.05) is 6.61 Å². The summed E-state index contributed by atoms with van der Waals surface area (Å²) in [7, 11) is 0. The largest absolute Gasteiger partial charge is 0.481 e. The lowest BCUT2D eigenvalue weighted by molar-refractivity contribution is 0.330. The molecule has 1 aliphatic rings. The van der Waals surface area contributed by atoms with Gasteiger partial charge in [0.15, 0.2) is 6.40 Å². The number of ether oxygens (including phenoxy) is 1. The summed E-state index contributed by atoms with van der Waals surface area (Å²) in [5.74, 6) is 0. The van der Waals surface area contributed by atoms with E-state index in [9.17, 15) is 0 Å². The zero-order valence-corrected chi connectivity index (χ0v) is 8.08. The number of nitrogens with zero attached hydrogens (tertiary/aromatic N) is 1. The van der Waals surface area contributed by atoms with Crippen LogP contribution in [0.5, 0.6) is 0 Å². The Morgan fingerprint density at radius 2 is 2.38 bits per heavy atom. The first kappa shape index (κ1) is 8.57.